The monoisotopic (exact) mass is 309 g/mol. The number of nitrogens with zero attached hydrogens (tertiary/aromatic N) is 5. The minimum Gasteiger partial charge on any atom is -0.353 e. The molecule has 0 saturated carbocycles. The smallest absolute Gasteiger partial charge is 0.353 e. The van der Waals surface area contributed by atoms with E-state index >= 15 is 0 Å². The van der Waals surface area contributed by atoms with E-state index in [1.54, 1.807) is 24.7 Å². The summed E-state index contributed by atoms with van der Waals surface area (Å²) < 4.78 is 38.1. The van der Waals surface area contributed by atoms with E-state index in [1.165, 1.54) is 6.07 Å². The molecule has 22 heavy (non-hydrogen) atoms. The van der Waals surface area contributed by atoms with Crippen molar-refractivity contribution in [1.82, 2.24) is 15.0 Å². The Morgan fingerprint density at radius 3 is 2.18 bits per heavy atom. The van der Waals surface area contributed by atoms with Crippen LogP contribution in [-0.2, 0) is 6.18 Å². The Balaban J connectivity index is 1.69. The fourth-order valence-electron chi connectivity index (χ4n) is 2.38. The van der Waals surface area contributed by atoms with Gasteiger partial charge in [0.1, 0.15) is 17.3 Å². The van der Waals surface area contributed by atoms with Crippen molar-refractivity contribution in [2.75, 3.05) is 36.0 Å². The molecule has 8 heteroatoms. The van der Waals surface area contributed by atoms with Crippen LogP contribution in [0, 0.1) is 0 Å². The van der Waals surface area contributed by atoms with Gasteiger partial charge in [0.2, 0.25) is 0 Å². The molecule has 5 nitrogen and oxygen atoms in total. The Hall–Kier alpha value is -2.38. The number of hydrogen-bond donors (Lipinski definition) is 0. The van der Waals surface area contributed by atoms with E-state index in [4.69, 9.17) is 0 Å². The first-order valence-electron chi connectivity index (χ1n) is 6.84. The summed E-state index contributed by atoms with van der Waals surface area (Å²) in [6.45, 7) is 2.50. The van der Waals surface area contributed by atoms with E-state index in [1.807, 2.05) is 4.90 Å². The summed E-state index contributed by atoms with van der Waals surface area (Å²) in [5.74, 6) is 1.13. The van der Waals surface area contributed by atoms with E-state index < -0.39 is 11.9 Å². The number of halogens is 3. The Kier molecular flexibility index (Phi) is 3.82. The molecule has 0 radical (unpaired) electrons. The third kappa shape index (κ3) is 3.10. The maximum Gasteiger partial charge on any atom is 0.433 e. The Labute approximate surface area is 125 Å². The molecule has 116 valence electrons. The normalized spacial score (nSPS) is 16.0. The number of hydrogen-bond acceptors (Lipinski definition) is 5. The van der Waals surface area contributed by atoms with Crippen LogP contribution in [0.15, 0.2) is 36.8 Å². The van der Waals surface area contributed by atoms with E-state index in [2.05, 4.69) is 19.9 Å². The lowest BCUT2D eigenvalue weighted by atomic mass is 10.3. The number of pyridine rings is 1. The number of anilines is 2. The molecular formula is C14H14F3N5. The first-order chi connectivity index (χ1) is 10.5. The van der Waals surface area contributed by atoms with Gasteiger partial charge in [0.15, 0.2) is 0 Å². The molecule has 0 N–H and O–H groups in total. The quantitative estimate of drug-likeness (QED) is 0.851. The summed E-state index contributed by atoms with van der Waals surface area (Å²) >= 11 is 0. The van der Waals surface area contributed by atoms with Gasteiger partial charge in [-0.3, -0.25) is 4.98 Å². The van der Waals surface area contributed by atoms with Gasteiger partial charge in [0, 0.05) is 38.6 Å². The topological polar surface area (TPSA) is 45.2 Å². The first-order valence-corrected chi connectivity index (χ1v) is 6.84. The second kappa shape index (κ2) is 5.78. The lowest BCUT2D eigenvalue weighted by molar-refractivity contribution is -0.141. The Bertz CT molecular complexity index is 624. The largest absolute Gasteiger partial charge is 0.433 e. The van der Waals surface area contributed by atoms with Gasteiger partial charge in [-0.05, 0) is 12.1 Å². The van der Waals surface area contributed by atoms with Crippen molar-refractivity contribution in [2.45, 2.75) is 6.18 Å². The van der Waals surface area contributed by atoms with Crippen LogP contribution in [0.3, 0.4) is 0 Å². The molecule has 0 aromatic carbocycles. The second-order valence-corrected chi connectivity index (χ2v) is 4.92. The summed E-state index contributed by atoms with van der Waals surface area (Å²) in [6, 6.07) is 3.98. The molecule has 0 bridgehead atoms. The van der Waals surface area contributed by atoms with Crippen LogP contribution in [0.1, 0.15) is 5.69 Å². The highest BCUT2D eigenvalue weighted by atomic mass is 19.4. The predicted octanol–water partition coefficient (Wildman–Crippen LogP) is 2.22. The molecular weight excluding hydrogens is 295 g/mol. The molecule has 1 fully saturated rings. The van der Waals surface area contributed by atoms with Crippen LogP contribution >= 0.6 is 0 Å². The summed E-state index contributed by atoms with van der Waals surface area (Å²) in [7, 11) is 0. The van der Waals surface area contributed by atoms with Crippen LogP contribution in [0.5, 0.6) is 0 Å². The molecule has 0 unspecified atom stereocenters. The minimum absolute atomic E-state index is 0.355. The lowest BCUT2D eigenvalue weighted by Crippen LogP contribution is -2.47. The fraction of sp³-hybridized carbons (Fsp3) is 0.357. The van der Waals surface area contributed by atoms with Crippen molar-refractivity contribution in [3.05, 3.63) is 42.5 Å². The zero-order chi connectivity index (χ0) is 15.6. The van der Waals surface area contributed by atoms with Gasteiger partial charge in [-0.1, -0.05) is 6.07 Å². The molecule has 0 atom stereocenters. The Morgan fingerprint density at radius 2 is 1.59 bits per heavy atom. The van der Waals surface area contributed by atoms with Gasteiger partial charge in [0.05, 0.1) is 6.20 Å². The van der Waals surface area contributed by atoms with Gasteiger partial charge in [-0.15, -0.1) is 0 Å². The number of rotatable bonds is 2. The number of alkyl halides is 3. The van der Waals surface area contributed by atoms with E-state index in [9.17, 15) is 13.2 Å². The van der Waals surface area contributed by atoms with Crippen molar-refractivity contribution >= 4 is 11.6 Å². The third-order valence-electron chi connectivity index (χ3n) is 3.50. The second-order valence-electron chi connectivity index (χ2n) is 4.92. The first kappa shape index (κ1) is 14.6. The van der Waals surface area contributed by atoms with Crippen LogP contribution in [0.4, 0.5) is 24.8 Å². The molecule has 1 aliphatic rings. The Morgan fingerprint density at radius 1 is 0.909 bits per heavy atom. The van der Waals surface area contributed by atoms with Crippen LogP contribution < -0.4 is 9.80 Å². The van der Waals surface area contributed by atoms with Crippen molar-refractivity contribution < 1.29 is 13.2 Å². The highest BCUT2D eigenvalue weighted by Crippen LogP contribution is 2.29. The van der Waals surface area contributed by atoms with Crippen molar-refractivity contribution in [3.8, 4) is 0 Å². The van der Waals surface area contributed by atoms with Gasteiger partial charge >= 0.3 is 6.18 Å². The zero-order valence-corrected chi connectivity index (χ0v) is 11.7. The molecule has 1 aliphatic heterocycles. The van der Waals surface area contributed by atoms with Crippen molar-refractivity contribution in [2.24, 2.45) is 0 Å². The molecule has 1 saturated heterocycles. The SMILES string of the molecule is FC(F)(F)c1cccc(N2CCN(c3cnccn3)CC2)n1. The van der Waals surface area contributed by atoms with E-state index in [-0.39, 0.29) is 0 Å². The lowest BCUT2D eigenvalue weighted by Gasteiger charge is -2.36. The molecule has 0 spiro atoms. The maximum atomic E-state index is 12.7. The molecule has 3 rings (SSSR count). The standard InChI is InChI=1S/C14H14F3N5/c15-14(16,17)11-2-1-3-12(20-11)21-6-8-22(9-7-21)13-10-18-4-5-19-13/h1-5,10H,6-9H2. The van der Waals surface area contributed by atoms with Gasteiger partial charge in [0.25, 0.3) is 0 Å². The summed E-state index contributed by atoms with van der Waals surface area (Å²) in [5, 5.41) is 0. The molecule has 0 amide bonds. The molecule has 2 aromatic rings. The fourth-order valence-corrected chi connectivity index (χ4v) is 2.38. The van der Waals surface area contributed by atoms with E-state index in [0.717, 1.165) is 11.9 Å². The minimum atomic E-state index is -4.42. The van der Waals surface area contributed by atoms with Crippen LogP contribution in [0.2, 0.25) is 0 Å². The van der Waals surface area contributed by atoms with Crippen LogP contribution in [-0.4, -0.2) is 41.1 Å². The number of aromatic nitrogens is 3. The predicted molar refractivity (Wildman–Crippen MR) is 75.7 cm³/mol. The number of piperazine rings is 1. The van der Waals surface area contributed by atoms with Crippen LogP contribution in [0.25, 0.3) is 0 Å². The maximum absolute atomic E-state index is 12.7. The molecule has 2 aromatic heterocycles. The average Bonchev–Trinajstić information content (AvgIpc) is 2.55. The van der Waals surface area contributed by atoms with Crippen molar-refractivity contribution in [3.63, 3.8) is 0 Å². The molecule has 0 aliphatic carbocycles. The third-order valence-corrected chi connectivity index (χ3v) is 3.50. The van der Waals surface area contributed by atoms with Gasteiger partial charge in [-0.25, -0.2) is 9.97 Å². The van der Waals surface area contributed by atoms with Gasteiger partial charge in [-0.2, -0.15) is 13.2 Å². The summed E-state index contributed by atoms with van der Waals surface area (Å²) in [4.78, 5) is 15.9. The van der Waals surface area contributed by atoms with Crippen molar-refractivity contribution in [1.29, 1.82) is 0 Å². The zero-order valence-electron chi connectivity index (χ0n) is 11.7. The average molecular weight is 309 g/mol. The van der Waals surface area contributed by atoms with E-state index in [0.29, 0.717) is 32.0 Å². The highest BCUT2D eigenvalue weighted by Gasteiger charge is 2.33. The molecule has 3 heterocycles. The summed E-state index contributed by atoms with van der Waals surface area (Å²) in [5.41, 5.74) is -0.860. The van der Waals surface area contributed by atoms with Gasteiger partial charge < -0.3 is 9.80 Å². The summed E-state index contributed by atoms with van der Waals surface area (Å²) in [6.07, 6.45) is 0.484. The highest BCUT2D eigenvalue weighted by molar-refractivity contribution is 5.44.